The maximum absolute atomic E-state index is 13.7. The molecule has 140 valence electrons. The molecule has 0 fully saturated rings. The normalized spacial score (nSPS) is 13.0. The fourth-order valence-corrected chi connectivity index (χ4v) is 3.38. The minimum atomic E-state index is -0.936. The first-order chi connectivity index (χ1) is 12.9. The highest BCUT2D eigenvalue weighted by atomic mass is 19.1. The number of anilines is 1. The van der Waals surface area contributed by atoms with Crippen molar-refractivity contribution in [2.24, 2.45) is 5.73 Å². The van der Waals surface area contributed by atoms with Gasteiger partial charge in [0, 0.05) is 25.8 Å². The molecule has 1 aliphatic heterocycles. The molecule has 3 heterocycles. The summed E-state index contributed by atoms with van der Waals surface area (Å²) in [5, 5.41) is 0. The Balaban J connectivity index is 1.80. The molecule has 9 heteroatoms. The largest absolute Gasteiger partial charge is 0.493 e. The number of halogens is 1. The fraction of sp³-hybridized carbons (Fsp3) is 0.333. The molecule has 8 nitrogen and oxygen atoms in total. The Morgan fingerprint density at radius 2 is 2.15 bits per heavy atom. The van der Waals surface area contributed by atoms with E-state index in [-0.39, 0.29) is 24.4 Å². The van der Waals surface area contributed by atoms with Crippen LogP contribution in [0, 0.1) is 13.0 Å². The standard InChI is InChI=1S/C18H19FN6O2/c1-9-6-10-3-5-27-12(10)7-11(9)8-14-22-15-16(21)23-18(19)24-17(15)25(14)4-2-13(20)26/h6-7H,2-5,8H2,1H3,(H2,20,26)(H2,21,23,24). The van der Waals surface area contributed by atoms with Crippen LogP contribution in [-0.2, 0) is 24.2 Å². The third-order valence-electron chi connectivity index (χ3n) is 4.75. The van der Waals surface area contributed by atoms with Crippen molar-refractivity contribution < 1.29 is 13.9 Å². The van der Waals surface area contributed by atoms with Gasteiger partial charge in [-0.05, 0) is 29.7 Å². The number of carbonyl (C=O) groups is 1. The Kier molecular flexibility index (Phi) is 4.14. The zero-order chi connectivity index (χ0) is 19.1. The summed E-state index contributed by atoms with van der Waals surface area (Å²) in [7, 11) is 0. The van der Waals surface area contributed by atoms with Gasteiger partial charge in [-0.2, -0.15) is 14.4 Å². The van der Waals surface area contributed by atoms with Crippen molar-refractivity contribution in [2.75, 3.05) is 12.3 Å². The van der Waals surface area contributed by atoms with Crippen molar-refractivity contribution in [3.63, 3.8) is 0 Å². The molecule has 27 heavy (non-hydrogen) atoms. The first-order valence-corrected chi connectivity index (χ1v) is 8.64. The van der Waals surface area contributed by atoms with Gasteiger partial charge in [0.25, 0.3) is 0 Å². The first kappa shape index (κ1) is 17.2. The second-order valence-corrected chi connectivity index (χ2v) is 6.61. The van der Waals surface area contributed by atoms with Crippen LogP contribution in [0.4, 0.5) is 10.2 Å². The van der Waals surface area contributed by atoms with Crippen molar-refractivity contribution in [1.82, 2.24) is 19.5 Å². The van der Waals surface area contributed by atoms with Crippen LogP contribution >= 0.6 is 0 Å². The van der Waals surface area contributed by atoms with Crippen LogP contribution in [0.25, 0.3) is 11.2 Å². The van der Waals surface area contributed by atoms with E-state index in [0.717, 1.165) is 23.3 Å². The van der Waals surface area contributed by atoms with Gasteiger partial charge in [0.2, 0.25) is 5.91 Å². The van der Waals surface area contributed by atoms with Gasteiger partial charge in [0.1, 0.15) is 11.6 Å². The van der Waals surface area contributed by atoms with Gasteiger partial charge in [0.05, 0.1) is 6.61 Å². The summed E-state index contributed by atoms with van der Waals surface area (Å²) in [4.78, 5) is 23.1. The minimum Gasteiger partial charge on any atom is -0.493 e. The summed E-state index contributed by atoms with van der Waals surface area (Å²) in [6.07, 6.45) is 0.502. The number of amides is 1. The van der Waals surface area contributed by atoms with Crippen LogP contribution in [0.1, 0.15) is 28.9 Å². The number of aromatic nitrogens is 4. The second kappa shape index (κ2) is 6.49. The molecule has 0 unspecified atom stereocenters. The number of ether oxygens (including phenoxy) is 1. The number of hydrogen-bond donors (Lipinski definition) is 2. The number of nitrogens with two attached hydrogens (primary N) is 2. The number of aryl methyl sites for hydroxylation is 2. The van der Waals surface area contributed by atoms with Crippen molar-refractivity contribution in [3.05, 3.63) is 40.7 Å². The van der Waals surface area contributed by atoms with Gasteiger partial charge < -0.3 is 20.8 Å². The lowest BCUT2D eigenvalue weighted by Crippen LogP contribution is -2.16. The number of fused-ring (bicyclic) bond motifs is 2. The third kappa shape index (κ3) is 3.16. The zero-order valence-corrected chi connectivity index (χ0v) is 14.8. The van der Waals surface area contributed by atoms with Crippen LogP contribution in [0.2, 0.25) is 0 Å². The van der Waals surface area contributed by atoms with E-state index in [1.165, 1.54) is 5.56 Å². The Morgan fingerprint density at radius 3 is 2.93 bits per heavy atom. The molecule has 0 saturated heterocycles. The monoisotopic (exact) mass is 370 g/mol. The molecule has 1 aliphatic rings. The molecule has 0 spiro atoms. The summed E-state index contributed by atoms with van der Waals surface area (Å²) in [5.41, 5.74) is 15.0. The lowest BCUT2D eigenvalue weighted by atomic mass is 10.0. The van der Waals surface area contributed by atoms with E-state index in [1.807, 2.05) is 13.0 Å². The number of rotatable bonds is 5. The van der Waals surface area contributed by atoms with Crippen molar-refractivity contribution in [2.45, 2.75) is 32.7 Å². The maximum atomic E-state index is 13.7. The Bertz CT molecular complexity index is 1060. The zero-order valence-electron chi connectivity index (χ0n) is 14.8. The summed E-state index contributed by atoms with van der Waals surface area (Å²) in [5.74, 6) is 0.984. The number of primary amides is 1. The lowest BCUT2D eigenvalue weighted by Gasteiger charge is -2.11. The third-order valence-corrected chi connectivity index (χ3v) is 4.75. The molecule has 4 rings (SSSR count). The Labute approximate surface area is 154 Å². The van der Waals surface area contributed by atoms with Crippen LogP contribution in [0.3, 0.4) is 0 Å². The van der Waals surface area contributed by atoms with Crippen LogP contribution in [0.15, 0.2) is 12.1 Å². The number of nitrogens with zero attached hydrogens (tertiary/aromatic N) is 4. The highest BCUT2D eigenvalue weighted by Gasteiger charge is 2.20. The summed E-state index contributed by atoms with van der Waals surface area (Å²) in [6.45, 7) is 2.94. The van der Waals surface area contributed by atoms with Gasteiger partial charge in [0.15, 0.2) is 17.0 Å². The van der Waals surface area contributed by atoms with E-state index in [9.17, 15) is 9.18 Å². The second-order valence-electron chi connectivity index (χ2n) is 6.61. The van der Waals surface area contributed by atoms with Gasteiger partial charge >= 0.3 is 6.08 Å². The van der Waals surface area contributed by atoms with Gasteiger partial charge in [-0.1, -0.05) is 6.07 Å². The average molecular weight is 370 g/mol. The molecule has 1 amide bonds. The topological polar surface area (TPSA) is 122 Å². The molecule has 0 aliphatic carbocycles. The SMILES string of the molecule is Cc1cc2c(cc1Cc1nc3c(N)nc(F)nc3n1CCC(N)=O)OCC2. The number of benzene rings is 1. The minimum absolute atomic E-state index is 0.0365. The van der Waals surface area contributed by atoms with Crippen LogP contribution < -0.4 is 16.2 Å². The predicted octanol–water partition coefficient (Wildman–Crippen LogP) is 1.26. The molecular formula is C18H19FN6O2. The van der Waals surface area contributed by atoms with E-state index >= 15 is 0 Å². The van der Waals surface area contributed by atoms with Gasteiger partial charge in [-0.25, -0.2) is 4.98 Å². The number of imidazole rings is 1. The van der Waals surface area contributed by atoms with E-state index < -0.39 is 12.0 Å². The summed E-state index contributed by atoms with van der Waals surface area (Å²) >= 11 is 0. The summed E-state index contributed by atoms with van der Waals surface area (Å²) in [6, 6.07) is 4.12. The molecule has 0 saturated carbocycles. The quantitative estimate of drug-likeness (QED) is 0.652. The fourth-order valence-electron chi connectivity index (χ4n) is 3.38. The predicted molar refractivity (Wildman–Crippen MR) is 96.7 cm³/mol. The molecule has 3 aromatic rings. The molecular weight excluding hydrogens is 351 g/mol. The molecule has 0 bridgehead atoms. The van der Waals surface area contributed by atoms with Gasteiger partial charge in [-0.15, -0.1) is 0 Å². The van der Waals surface area contributed by atoms with E-state index in [0.29, 0.717) is 24.4 Å². The maximum Gasteiger partial charge on any atom is 0.312 e. The number of nitrogen functional groups attached to an aromatic ring is 1. The van der Waals surface area contributed by atoms with E-state index in [4.69, 9.17) is 16.2 Å². The van der Waals surface area contributed by atoms with Crippen LogP contribution in [-0.4, -0.2) is 32.0 Å². The molecule has 4 N–H and O–H groups in total. The Morgan fingerprint density at radius 1 is 1.33 bits per heavy atom. The van der Waals surface area contributed by atoms with Crippen molar-refractivity contribution >= 4 is 22.9 Å². The summed E-state index contributed by atoms with van der Waals surface area (Å²) < 4.78 is 21.0. The number of hydrogen-bond acceptors (Lipinski definition) is 6. The van der Waals surface area contributed by atoms with E-state index in [2.05, 4.69) is 21.0 Å². The van der Waals surface area contributed by atoms with Crippen molar-refractivity contribution in [1.29, 1.82) is 0 Å². The van der Waals surface area contributed by atoms with Crippen molar-refractivity contribution in [3.8, 4) is 5.75 Å². The molecule has 0 radical (unpaired) electrons. The van der Waals surface area contributed by atoms with Gasteiger partial charge in [-0.3, -0.25) is 4.79 Å². The molecule has 2 aromatic heterocycles. The van der Waals surface area contributed by atoms with Crippen LogP contribution in [0.5, 0.6) is 5.75 Å². The highest BCUT2D eigenvalue weighted by Crippen LogP contribution is 2.30. The highest BCUT2D eigenvalue weighted by molar-refractivity contribution is 5.82. The lowest BCUT2D eigenvalue weighted by molar-refractivity contribution is -0.118. The average Bonchev–Trinajstić information content (AvgIpc) is 3.17. The molecule has 1 aromatic carbocycles. The smallest absolute Gasteiger partial charge is 0.312 e. The van der Waals surface area contributed by atoms with E-state index in [1.54, 1.807) is 4.57 Å². The molecule has 0 atom stereocenters. The number of carbonyl (C=O) groups excluding carboxylic acids is 1. The first-order valence-electron chi connectivity index (χ1n) is 8.64. The Hall–Kier alpha value is -3.23.